The number of thiophene rings is 1. The van der Waals surface area contributed by atoms with E-state index in [4.69, 9.17) is 16.3 Å². The number of aromatic nitrogens is 1. The van der Waals surface area contributed by atoms with Gasteiger partial charge in [0.05, 0.1) is 10.7 Å². The summed E-state index contributed by atoms with van der Waals surface area (Å²) < 4.78 is 5.42. The fourth-order valence-corrected chi connectivity index (χ4v) is 5.19. The summed E-state index contributed by atoms with van der Waals surface area (Å²) in [4.78, 5) is 56.8. The number of esters is 1. The molecule has 1 N–H and O–H groups in total. The maximum Gasteiger partial charge on any atom is 0.332 e. The molecule has 4 rings (SSSR count). The Morgan fingerprint density at radius 2 is 1.90 bits per heavy atom. The van der Waals surface area contributed by atoms with Gasteiger partial charge in [0.25, 0.3) is 5.91 Å². The molecule has 2 aromatic heterocycles. The van der Waals surface area contributed by atoms with Crippen LogP contribution in [0.3, 0.4) is 0 Å². The molecule has 0 aromatic carbocycles. The molecule has 216 valence electrons. The predicted molar refractivity (Wildman–Crippen MR) is 163 cm³/mol. The van der Waals surface area contributed by atoms with Gasteiger partial charge in [-0.15, -0.1) is 0 Å². The van der Waals surface area contributed by atoms with Gasteiger partial charge in [-0.1, -0.05) is 49.6 Å². The van der Waals surface area contributed by atoms with Gasteiger partial charge >= 0.3 is 5.97 Å². The monoisotopic (exact) mass is 603 g/mol. The molecule has 2 aliphatic rings. The van der Waals surface area contributed by atoms with Crippen LogP contribution in [-0.2, 0) is 19.1 Å². The maximum absolute atomic E-state index is 13.7. The topological polar surface area (TPSA) is 106 Å². The minimum absolute atomic E-state index is 0.00996. The Bertz CT molecular complexity index is 1580. The number of hydrazine groups is 1. The summed E-state index contributed by atoms with van der Waals surface area (Å²) in [7, 11) is 0. The molecule has 1 aliphatic heterocycles. The third kappa shape index (κ3) is 6.75. The first-order valence-electron chi connectivity index (χ1n) is 13.3. The quantitative estimate of drug-likeness (QED) is 0.160. The molecule has 0 saturated heterocycles. The van der Waals surface area contributed by atoms with E-state index < -0.39 is 29.0 Å². The number of ketones is 2. The van der Waals surface area contributed by atoms with Crippen molar-refractivity contribution in [3.63, 3.8) is 0 Å². The van der Waals surface area contributed by atoms with Crippen LogP contribution in [0, 0.1) is 5.92 Å². The minimum Gasteiger partial charge on any atom is -0.439 e. The molecular formula is C32H30ClN3O5S. The first kappa shape index (κ1) is 30.6. The lowest BCUT2D eigenvalue weighted by Crippen LogP contribution is -2.52. The van der Waals surface area contributed by atoms with Crippen molar-refractivity contribution >= 4 is 52.5 Å². The highest BCUT2D eigenvalue weighted by molar-refractivity contribution is 7.08. The van der Waals surface area contributed by atoms with E-state index in [0.717, 1.165) is 23.6 Å². The molecule has 0 spiro atoms. The minimum atomic E-state index is -2.19. The Morgan fingerprint density at radius 1 is 1.17 bits per heavy atom. The lowest BCUT2D eigenvalue weighted by molar-refractivity contribution is -0.165. The van der Waals surface area contributed by atoms with Gasteiger partial charge in [-0.25, -0.2) is 4.79 Å². The van der Waals surface area contributed by atoms with Crippen LogP contribution >= 0.6 is 22.9 Å². The highest BCUT2D eigenvalue weighted by atomic mass is 35.5. The van der Waals surface area contributed by atoms with Gasteiger partial charge in [-0.05, 0) is 72.5 Å². The smallest absolute Gasteiger partial charge is 0.332 e. The highest BCUT2D eigenvalue weighted by Crippen LogP contribution is 2.39. The molecule has 1 amide bonds. The number of hydrogen-bond donors (Lipinski definition) is 1. The van der Waals surface area contributed by atoms with Crippen LogP contribution in [0.1, 0.15) is 50.0 Å². The van der Waals surface area contributed by atoms with Crippen molar-refractivity contribution in [3.8, 4) is 0 Å². The molecule has 2 atom stereocenters. The third-order valence-corrected chi connectivity index (χ3v) is 7.88. The van der Waals surface area contributed by atoms with Crippen LogP contribution in [0.4, 0.5) is 0 Å². The number of nitrogens with one attached hydrogen (secondary N) is 1. The molecule has 0 bridgehead atoms. The second-order valence-electron chi connectivity index (χ2n) is 10.0. The largest absolute Gasteiger partial charge is 0.439 e. The van der Waals surface area contributed by atoms with Crippen LogP contribution in [0.15, 0.2) is 105 Å². The molecule has 1 aliphatic carbocycles. The van der Waals surface area contributed by atoms with E-state index in [-0.39, 0.29) is 16.2 Å². The number of ether oxygens (including phenoxy) is 1. The Morgan fingerprint density at radius 3 is 2.57 bits per heavy atom. The number of nitrogens with zero attached hydrogens (tertiary/aromatic N) is 2. The number of amides is 1. The van der Waals surface area contributed by atoms with Crippen molar-refractivity contribution in [2.45, 2.75) is 39.7 Å². The number of rotatable bonds is 9. The van der Waals surface area contributed by atoms with Gasteiger partial charge in [0.15, 0.2) is 0 Å². The van der Waals surface area contributed by atoms with Gasteiger partial charge in [0, 0.05) is 41.4 Å². The molecule has 0 radical (unpaired) electrons. The predicted octanol–water partition coefficient (Wildman–Crippen LogP) is 6.08. The van der Waals surface area contributed by atoms with E-state index in [2.05, 4.69) is 30.3 Å². The highest BCUT2D eigenvalue weighted by Gasteiger charge is 2.52. The number of hydrogen-bond acceptors (Lipinski definition) is 8. The van der Waals surface area contributed by atoms with E-state index in [1.807, 2.05) is 23.8 Å². The lowest BCUT2D eigenvalue weighted by Gasteiger charge is -2.35. The van der Waals surface area contributed by atoms with Gasteiger partial charge < -0.3 is 4.74 Å². The van der Waals surface area contributed by atoms with Crippen LogP contribution in [0.5, 0.6) is 0 Å². The second kappa shape index (κ2) is 13.1. The zero-order valence-electron chi connectivity index (χ0n) is 23.6. The lowest BCUT2D eigenvalue weighted by atomic mass is 9.79. The number of halogens is 1. The van der Waals surface area contributed by atoms with Crippen molar-refractivity contribution in [3.05, 3.63) is 117 Å². The summed E-state index contributed by atoms with van der Waals surface area (Å²) in [6, 6.07) is 4.91. The molecule has 0 unspecified atom stereocenters. The van der Waals surface area contributed by atoms with Crippen LogP contribution in [0.25, 0.3) is 6.08 Å². The molecule has 2 aromatic rings. The molecular weight excluding hydrogens is 574 g/mol. The first-order valence-corrected chi connectivity index (χ1v) is 14.6. The molecule has 10 heteroatoms. The third-order valence-electron chi connectivity index (χ3n) is 6.80. The summed E-state index contributed by atoms with van der Waals surface area (Å²) in [6.45, 7) is 7.38. The van der Waals surface area contributed by atoms with Gasteiger partial charge in [-0.3, -0.25) is 29.8 Å². The van der Waals surface area contributed by atoms with Gasteiger partial charge in [0.1, 0.15) is 0 Å². The SMILES string of the molecule is CC[C@H](C)/C=C(C)/C=C/C1=CC2=C(Cl)C(=O)[C@](C)(OC(=O)/C=C/c3ccsc3)C(=O)C2=CN1NC(=O)c1ccncc1. The number of allylic oxidation sites excluding steroid dienone is 6. The van der Waals surface area contributed by atoms with E-state index in [0.29, 0.717) is 17.2 Å². The van der Waals surface area contributed by atoms with Crippen molar-refractivity contribution < 1.29 is 23.9 Å². The van der Waals surface area contributed by atoms with Crippen molar-refractivity contribution in [1.82, 2.24) is 15.4 Å². The Hall–Kier alpha value is -4.34. The number of fused-ring (bicyclic) bond motifs is 1. The first-order chi connectivity index (χ1) is 20.0. The Kier molecular flexibility index (Phi) is 9.55. The van der Waals surface area contributed by atoms with Crippen molar-refractivity contribution in [1.29, 1.82) is 0 Å². The second-order valence-corrected chi connectivity index (χ2v) is 11.2. The fourth-order valence-electron chi connectivity index (χ4n) is 4.23. The molecule has 42 heavy (non-hydrogen) atoms. The van der Waals surface area contributed by atoms with E-state index in [1.54, 1.807) is 30.4 Å². The van der Waals surface area contributed by atoms with Gasteiger partial charge in [-0.2, -0.15) is 11.3 Å². The summed E-state index contributed by atoms with van der Waals surface area (Å²) >= 11 is 7.99. The Balaban J connectivity index is 1.71. The van der Waals surface area contributed by atoms with Crippen LogP contribution in [-0.4, -0.2) is 39.0 Å². The molecule has 3 heterocycles. The van der Waals surface area contributed by atoms with Crippen LogP contribution in [0.2, 0.25) is 0 Å². The number of carbonyl (C=O) groups excluding carboxylic acids is 4. The standard InChI is InChI=1S/C32H30ClN3O5S/c1-5-20(2)16-21(3)6-8-24-17-25-26(18-36(24)35-31(40)23-10-13-34-14-11-23)29(38)32(4,30(39)28(25)33)41-27(37)9-7-22-12-15-42-19-22/h6-20H,5H2,1-4H3,(H,35,40)/b8-6+,9-7+,21-16+/t20-,32+/m0/s1. The van der Waals surface area contributed by atoms with Crippen molar-refractivity contribution in [2.24, 2.45) is 5.92 Å². The zero-order valence-corrected chi connectivity index (χ0v) is 25.2. The normalized spacial score (nSPS) is 20.0. The Labute approximate surface area is 253 Å². The summed E-state index contributed by atoms with van der Waals surface area (Å²) in [6.07, 6.45) is 15.3. The maximum atomic E-state index is 13.7. The molecule has 8 nitrogen and oxygen atoms in total. The molecule has 0 fully saturated rings. The van der Waals surface area contributed by atoms with E-state index in [1.165, 1.54) is 47.9 Å². The average molecular weight is 604 g/mol. The average Bonchev–Trinajstić information content (AvgIpc) is 3.51. The molecule has 0 saturated carbocycles. The summed E-state index contributed by atoms with van der Waals surface area (Å²) in [5.74, 6) is -2.55. The fraction of sp³-hybridized carbons (Fsp3) is 0.219. The van der Waals surface area contributed by atoms with Crippen molar-refractivity contribution in [2.75, 3.05) is 0 Å². The van der Waals surface area contributed by atoms with E-state index in [9.17, 15) is 19.2 Å². The number of carbonyl (C=O) groups is 4. The summed E-state index contributed by atoms with van der Waals surface area (Å²) in [5.41, 5.74) is 3.33. The van der Waals surface area contributed by atoms with Gasteiger partial charge in [0.2, 0.25) is 17.2 Å². The summed E-state index contributed by atoms with van der Waals surface area (Å²) in [5, 5.41) is 4.80. The van der Waals surface area contributed by atoms with Crippen LogP contribution < -0.4 is 5.43 Å². The number of pyridine rings is 1. The zero-order chi connectivity index (χ0) is 30.4. The van der Waals surface area contributed by atoms with E-state index >= 15 is 0 Å². The number of Topliss-reactive ketones (excluding diaryl/α,β-unsaturated/α-hetero) is 2.